The molecule has 0 unspecified atom stereocenters. The van der Waals surface area contributed by atoms with Gasteiger partial charge in [-0.15, -0.1) is 0 Å². The maximum absolute atomic E-state index is 12.3. The second-order valence-corrected chi connectivity index (χ2v) is 8.77. The van der Waals surface area contributed by atoms with Gasteiger partial charge in [-0.2, -0.15) is 0 Å². The summed E-state index contributed by atoms with van der Waals surface area (Å²) in [5, 5.41) is 0. The van der Waals surface area contributed by atoms with Gasteiger partial charge in [-0.1, -0.05) is 50.3 Å². The van der Waals surface area contributed by atoms with Gasteiger partial charge in [-0.25, -0.2) is 4.79 Å². The lowest BCUT2D eigenvalue weighted by atomic mass is 9.81. The number of carbonyl (C=O) groups excluding carboxylic acids is 1. The molecule has 2 nitrogen and oxygen atoms in total. The van der Waals surface area contributed by atoms with Gasteiger partial charge in [0, 0.05) is 5.92 Å². The lowest BCUT2D eigenvalue weighted by Gasteiger charge is -2.25. The third-order valence-corrected chi connectivity index (χ3v) is 6.75. The molecule has 0 radical (unpaired) electrons. The predicted molar refractivity (Wildman–Crippen MR) is 120 cm³/mol. The fourth-order valence-electron chi connectivity index (χ4n) is 4.56. The van der Waals surface area contributed by atoms with Crippen molar-refractivity contribution in [3.8, 4) is 11.8 Å². The normalized spacial score (nSPS) is 27.2. The molecule has 156 valence electrons. The van der Waals surface area contributed by atoms with Crippen molar-refractivity contribution in [2.24, 2.45) is 17.8 Å². The number of ether oxygens (including phenoxy) is 1. The number of hydrogen-bond acceptors (Lipinski definition) is 2. The van der Waals surface area contributed by atoms with E-state index < -0.39 is 0 Å². The molecule has 0 heterocycles. The van der Waals surface area contributed by atoms with Crippen molar-refractivity contribution < 1.29 is 9.53 Å². The van der Waals surface area contributed by atoms with E-state index in [1.807, 2.05) is 24.3 Å². The van der Waals surface area contributed by atoms with E-state index in [0.717, 1.165) is 43.9 Å². The lowest BCUT2D eigenvalue weighted by Crippen LogP contribution is -2.24. The molecule has 2 saturated carbocycles. The van der Waals surface area contributed by atoms with Gasteiger partial charge in [-0.3, -0.25) is 0 Å². The van der Waals surface area contributed by atoms with Crippen molar-refractivity contribution in [2.75, 3.05) is 0 Å². The molecule has 0 N–H and O–H groups in total. The number of benzene rings is 1. The van der Waals surface area contributed by atoms with Crippen LogP contribution < -0.4 is 0 Å². The first-order valence-corrected chi connectivity index (χ1v) is 11.7. The topological polar surface area (TPSA) is 26.3 Å². The molecule has 0 spiro atoms. The Morgan fingerprint density at radius 3 is 2.31 bits per heavy atom. The summed E-state index contributed by atoms with van der Waals surface area (Å²) in [7, 11) is 0. The highest BCUT2D eigenvalue weighted by Crippen LogP contribution is 2.31. The lowest BCUT2D eigenvalue weighted by molar-refractivity contribution is 0.0188. The summed E-state index contributed by atoms with van der Waals surface area (Å²) in [6.07, 6.45) is 16.1. The van der Waals surface area contributed by atoms with Crippen LogP contribution in [0.2, 0.25) is 0 Å². The van der Waals surface area contributed by atoms with E-state index in [0.29, 0.717) is 11.5 Å². The Morgan fingerprint density at radius 1 is 1.00 bits per heavy atom. The zero-order chi connectivity index (χ0) is 20.5. The van der Waals surface area contributed by atoms with Crippen molar-refractivity contribution >= 4 is 5.97 Å². The summed E-state index contributed by atoms with van der Waals surface area (Å²) in [5.41, 5.74) is 1.89. The third-order valence-electron chi connectivity index (χ3n) is 6.75. The number of rotatable bonds is 5. The van der Waals surface area contributed by atoms with Gasteiger partial charge in [0.05, 0.1) is 5.56 Å². The van der Waals surface area contributed by atoms with Crippen molar-refractivity contribution in [2.45, 2.75) is 84.2 Å². The van der Waals surface area contributed by atoms with E-state index in [9.17, 15) is 4.79 Å². The highest BCUT2D eigenvalue weighted by molar-refractivity contribution is 5.89. The van der Waals surface area contributed by atoms with Crippen LogP contribution >= 0.6 is 0 Å². The first-order valence-electron chi connectivity index (χ1n) is 11.7. The average molecular weight is 393 g/mol. The van der Waals surface area contributed by atoms with Crippen molar-refractivity contribution in [3.63, 3.8) is 0 Å². The molecule has 2 aliphatic carbocycles. The summed E-state index contributed by atoms with van der Waals surface area (Å²) >= 11 is 0. The molecule has 3 rings (SSSR count). The number of esters is 1. The molecule has 2 heteroatoms. The Hall–Kier alpha value is -2.01. The molecular formula is C27H36O2. The van der Waals surface area contributed by atoms with Gasteiger partial charge in [0.1, 0.15) is 6.10 Å². The minimum Gasteiger partial charge on any atom is -0.459 e. The highest BCUT2D eigenvalue weighted by atomic mass is 16.5. The van der Waals surface area contributed by atoms with Crippen LogP contribution in [-0.4, -0.2) is 12.1 Å². The van der Waals surface area contributed by atoms with Gasteiger partial charge >= 0.3 is 5.97 Å². The summed E-state index contributed by atoms with van der Waals surface area (Å²) in [4.78, 5) is 12.3. The second-order valence-electron chi connectivity index (χ2n) is 8.77. The van der Waals surface area contributed by atoms with Crippen LogP contribution in [0.1, 0.15) is 87.6 Å². The molecule has 0 aromatic heterocycles. The molecule has 0 saturated heterocycles. The summed E-state index contributed by atoms with van der Waals surface area (Å²) in [6, 6.07) is 7.76. The summed E-state index contributed by atoms with van der Waals surface area (Å²) < 4.78 is 5.72. The van der Waals surface area contributed by atoms with E-state index in [-0.39, 0.29) is 12.1 Å². The van der Waals surface area contributed by atoms with E-state index in [1.165, 1.54) is 37.7 Å². The minimum absolute atomic E-state index is 0.0377. The maximum Gasteiger partial charge on any atom is 0.338 e. The second kappa shape index (κ2) is 11.2. The van der Waals surface area contributed by atoms with E-state index >= 15 is 0 Å². The molecule has 0 amide bonds. The largest absolute Gasteiger partial charge is 0.459 e. The van der Waals surface area contributed by atoms with Crippen molar-refractivity contribution in [1.82, 2.24) is 0 Å². The monoisotopic (exact) mass is 392 g/mol. The zero-order valence-electron chi connectivity index (χ0n) is 18.2. The van der Waals surface area contributed by atoms with Crippen LogP contribution in [0.25, 0.3) is 0 Å². The molecule has 29 heavy (non-hydrogen) atoms. The molecule has 0 atom stereocenters. The fourth-order valence-corrected chi connectivity index (χ4v) is 4.56. The molecule has 1 aromatic rings. The Kier molecular flexibility index (Phi) is 8.41. The van der Waals surface area contributed by atoms with Gasteiger partial charge < -0.3 is 4.74 Å². The summed E-state index contributed by atoms with van der Waals surface area (Å²) in [6.45, 7) is 4.42. The van der Waals surface area contributed by atoms with Crippen LogP contribution in [0.15, 0.2) is 36.4 Å². The van der Waals surface area contributed by atoms with Crippen molar-refractivity contribution in [1.29, 1.82) is 0 Å². The maximum atomic E-state index is 12.3. The van der Waals surface area contributed by atoms with Gasteiger partial charge in [0.2, 0.25) is 0 Å². The van der Waals surface area contributed by atoms with Crippen LogP contribution in [0.3, 0.4) is 0 Å². The molecule has 1 aromatic carbocycles. The fraction of sp³-hybridized carbons (Fsp3) is 0.593. The highest BCUT2D eigenvalue weighted by Gasteiger charge is 2.23. The molecule has 0 aliphatic heterocycles. The van der Waals surface area contributed by atoms with E-state index in [2.05, 4.69) is 37.8 Å². The van der Waals surface area contributed by atoms with Crippen LogP contribution in [0, 0.1) is 29.6 Å². The first kappa shape index (κ1) is 21.7. The number of hydrogen-bond donors (Lipinski definition) is 0. The number of allylic oxidation sites excluding steroid dienone is 2. The summed E-state index contributed by atoms with van der Waals surface area (Å²) in [5.74, 6) is 8.63. The zero-order valence-corrected chi connectivity index (χ0v) is 18.2. The molecular weight excluding hydrogens is 356 g/mol. The van der Waals surface area contributed by atoms with Crippen LogP contribution in [0.4, 0.5) is 0 Å². The first-order chi connectivity index (χ1) is 14.2. The smallest absolute Gasteiger partial charge is 0.338 e. The van der Waals surface area contributed by atoms with Gasteiger partial charge in [0.25, 0.3) is 0 Å². The van der Waals surface area contributed by atoms with E-state index in [1.54, 1.807) is 0 Å². The Labute approximate surface area is 177 Å². The Balaban J connectivity index is 1.37. The molecule has 0 bridgehead atoms. The standard InChI is InChI=1S/C27H36O2/c1-3-21-9-11-23(12-10-21)7-5-6-8-24-15-19-26(20-16-24)29-27(28)25-17-13-22(4-2)14-18-25/h5,7,13-14,17-18,21,23-24,26H,3-4,9-12,15-16,19-20H2,1-2H3. The van der Waals surface area contributed by atoms with Gasteiger partial charge in [0.15, 0.2) is 0 Å². The third kappa shape index (κ3) is 6.77. The molecule has 2 aliphatic rings. The quantitative estimate of drug-likeness (QED) is 0.410. The van der Waals surface area contributed by atoms with E-state index in [4.69, 9.17) is 4.74 Å². The van der Waals surface area contributed by atoms with Crippen LogP contribution in [0.5, 0.6) is 0 Å². The Bertz CT molecular complexity index is 718. The minimum atomic E-state index is -0.192. The number of carbonyl (C=O) groups is 1. The molecule has 2 fully saturated rings. The van der Waals surface area contributed by atoms with Crippen LogP contribution in [-0.2, 0) is 11.2 Å². The number of aryl methyl sites for hydroxylation is 1. The SMILES string of the molecule is CCc1ccc(C(=O)OC2CCC(C#CC=CC3CCC(CC)CC3)CC2)cc1. The Morgan fingerprint density at radius 2 is 1.69 bits per heavy atom. The van der Waals surface area contributed by atoms with Crippen molar-refractivity contribution in [3.05, 3.63) is 47.5 Å². The average Bonchev–Trinajstić information content (AvgIpc) is 2.78. The van der Waals surface area contributed by atoms with Gasteiger partial charge in [-0.05, 0) is 93.4 Å². The predicted octanol–water partition coefficient (Wildman–Crippen LogP) is 6.74.